The van der Waals surface area contributed by atoms with Crippen molar-refractivity contribution in [3.63, 3.8) is 0 Å². The molecule has 0 aromatic carbocycles. The summed E-state index contributed by atoms with van der Waals surface area (Å²) in [6, 6.07) is 1.53. The average molecular weight is 289 g/mol. The van der Waals surface area contributed by atoms with Gasteiger partial charge in [0.2, 0.25) is 0 Å². The monoisotopic (exact) mass is 289 g/mol. The number of halogens is 1. The second-order valence-electron chi connectivity index (χ2n) is 6.13. The van der Waals surface area contributed by atoms with Gasteiger partial charge in [0, 0.05) is 30.4 Å². The molecule has 0 N–H and O–H groups in total. The van der Waals surface area contributed by atoms with Crippen LogP contribution < -0.4 is 5.01 Å². The van der Waals surface area contributed by atoms with Crippen LogP contribution in [0.5, 0.6) is 0 Å². The molecule has 0 fully saturated rings. The second-order valence-corrected chi connectivity index (χ2v) is 6.13. The van der Waals surface area contributed by atoms with Crippen LogP contribution in [-0.2, 0) is 13.0 Å². The molecule has 0 aliphatic carbocycles. The standard InChI is InChI=1S/C14H16FN5O/c1-14(2)5-12-10(6-17-20(12)8-14)9-4-13(19(3)18-21)16-7-11(9)15/h4,6-7H,5,8H2,1-3H3. The van der Waals surface area contributed by atoms with Crippen LogP contribution in [0.4, 0.5) is 10.2 Å². The molecule has 2 aromatic rings. The van der Waals surface area contributed by atoms with E-state index >= 15 is 0 Å². The molecule has 0 saturated carbocycles. The van der Waals surface area contributed by atoms with Gasteiger partial charge in [0.15, 0.2) is 5.82 Å². The topological polar surface area (TPSA) is 63.4 Å². The van der Waals surface area contributed by atoms with Gasteiger partial charge in [-0.2, -0.15) is 5.10 Å². The first-order valence-corrected chi connectivity index (χ1v) is 6.69. The molecule has 1 aliphatic heterocycles. The van der Waals surface area contributed by atoms with E-state index in [-0.39, 0.29) is 5.41 Å². The van der Waals surface area contributed by atoms with Crippen LogP contribution in [0, 0.1) is 16.1 Å². The van der Waals surface area contributed by atoms with Crippen molar-refractivity contribution in [2.45, 2.75) is 26.8 Å². The molecular formula is C14H16FN5O. The van der Waals surface area contributed by atoms with Gasteiger partial charge in [-0.3, -0.25) is 4.68 Å². The third kappa shape index (κ3) is 2.28. The van der Waals surface area contributed by atoms with Crippen LogP contribution >= 0.6 is 0 Å². The third-order valence-corrected chi connectivity index (χ3v) is 3.76. The van der Waals surface area contributed by atoms with E-state index in [4.69, 9.17) is 0 Å². The lowest BCUT2D eigenvalue weighted by atomic mass is 9.89. The van der Waals surface area contributed by atoms with Gasteiger partial charge in [-0.25, -0.2) is 14.4 Å². The van der Waals surface area contributed by atoms with Gasteiger partial charge in [-0.1, -0.05) is 13.8 Å². The van der Waals surface area contributed by atoms with Crippen molar-refractivity contribution in [3.8, 4) is 11.1 Å². The number of nitrogens with zero attached hydrogens (tertiary/aromatic N) is 5. The van der Waals surface area contributed by atoms with Crippen LogP contribution in [-0.4, -0.2) is 21.8 Å². The van der Waals surface area contributed by atoms with Crippen LogP contribution in [0.15, 0.2) is 23.7 Å². The van der Waals surface area contributed by atoms with Crippen molar-refractivity contribution in [2.75, 3.05) is 12.1 Å². The van der Waals surface area contributed by atoms with Gasteiger partial charge in [0.25, 0.3) is 0 Å². The van der Waals surface area contributed by atoms with Crippen LogP contribution in [0.2, 0.25) is 0 Å². The minimum Gasteiger partial charge on any atom is -0.268 e. The molecule has 0 unspecified atom stereocenters. The summed E-state index contributed by atoms with van der Waals surface area (Å²) in [5.74, 6) is -0.128. The maximum Gasteiger partial charge on any atom is 0.152 e. The number of fused-ring (bicyclic) bond motifs is 1. The van der Waals surface area contributed by atoms with E-state index in [1.807, 2.05) is 4.68 Å². The molecule has 0 saturated heterocycles. The zero-order valence-electron chi connectivity index (χ0n) is 12.2. The quantitative estimate of drug-likeness (QED) is 0.644. The van der Waals surface area contributed by atoms with E-state index in [9.17, 15) is 9.30 Å². The SMILES string of the molecule is CN(N=O)c1cc(-c2cnn3c2CC(C)(C)C3)c(F)cn1. The molecule has 0 atom stereocenters. The fourth-order valence-corrected chi connectivity index (χ4v) is 2.73. The highest BCUT2D eigenvalue weighted by Gasteiger charge is 2.32. The first-order chi connectivity index (χ1) is 9.91. The summed E-state index contributed by atoms with van der Waals surface area (Å²) < 4.78 is 16.0. The van der Waals surface area contributed by atoms with E-state index in [0.717, 1.165) is 35.4 Å². The van der Waals surface area contributed by atoms with Gasteiger partial charge >= 0.3 is 0 Å². The number of nitroso groups, excluding NO2 is 1. The van der Waals surface area contributed by atoms with Gasteiger partial charge in [-0.15, -0.1) is 4.91 Å². The Morgan fingerprint density at radius 2 is 2.14 bits per heavy atom. The van der Waals surface area contributed by atoms with E-state index in [2.05, 4.69) is 29.2 Å². The van der Waals surface area contributed by atoms with E-state index < -0.39 is 5.82 Å². The summed E-state index contributed by atoms with van der Waals surface area (Å²) >= 11 is 0. The van der Waals surface area contributed by atoms with Gasteiger partial charge in [0.05, 0.1) is 17.7 Å². The summed E-state index contributed by atoms with van der Waals surface area (Å²) in [6.45, 7) is 5.13. The Morgan fingerprint density at radius 3 is 2.86 bits per heavy atom. The molecule has 21 heavy (non-hydrogen) atoms. The Morgan fingerprint density at radius 1 is 1.38 bits per heavy atom. The highest BCUT2D eigenvalue weighted by molar-refractivity contribution is 5.69. The Balaban J connectivity index is 2.08. The van der Waals surface area contributed by atoms with Crippen LogP contribution in [0.1, 0.15) is 19.5 Å². The molecular weight excluding hydrogens is 273 g/mol. The lowest BCUT2D eigenvalue weighted by Gasteiger charge is -2.14. The molecule has 110 valence electrons. The normalized spacial score (nSPS) is 15.8. The molecule has 7 heteroatoms. The van der Waals surface area contributed by atoms with E-state index in [0.29, 0.717) is 11.4 Å². The first-order valence-electron chi connectivity index (χ1n) is 6.69. The number of rotatable bonds is 3. The Bertz CT molecular complexity index is 709. The Hall–Kier alpha value is -2.31. The number of pyridine rings is 1. The molecule has 1 aliphatic rings. The second kappa shape index (κ2) is 4.61. The summed E-state index contributed by atoms with van der Waals surface area (Å²) in [5.41, 5.74) is 2.28. The molecule has 0 spiro atoms. The lowest BCUT2D eigenvalue weighted by Crippen LogP contribution is -2.12. The minimum absolute atomic E-state index is 0.117. The number of hydrogen-bond donors (Lipinski definition) is 0. The van der Waals surface area contributed by atoms with E-state index in [1.165, 1.54) is 13.1 Å². The smallest absolute Gasteiger partial charge is 0.152 e. The van der Waals surface area contributed by atoms with Crippen molar-refractivity contribution in [2.24, 2.45) is 10.7 Å². The number of hydrogen-bond acceptors (Lipinski definition) is 4. The van der Waals surface area contributed by atoms with Gasteiger partial charge < -0.3 is 0 Å². The highest BCUT2D eigenvalue weighted by Crippen LogP contribution is 2.38. The molecule has 0 bridgehead atoms. The molecule has 3 heterocycles. The van der Waals surface area contributed by atoms with Crippen molar-refractivity contribution in [1.82, 2.24) is 14.8 Å². The molecule has 0 amide bonds. The molecule has 3 rings (SSSR count). The van der Waals surface area contributed by atoms with Gasteiger partial charge in [0.1, 0.15) is 5.82 Å². The summed E-state index contributed by atoms with van der Waals surface area (Å²) in [5, 5.41) is 8.19. The van der Waals surface area contributed by atoms with Crippen molar-refractivity contribution >= 4 is 5.82 Å². The molecule has 0 radical (unpaired) electrons. The highest BCUT2D eigenvalue weighted by atomic mass is 19.1. The van der Waals surface area contributed by atoms with Crippen LogP contribution in [0.25, 0.3) is 11.1 Å². The van der Waals surface area contributed by atoms with E-state index in [1.54, 1.807) is 6.20 Å². The zero-order valence-corrected chi connectivity index (χ0v) is 12.2. The maximum atomic E-state index is 14.1. The Kier molecular flexibility index (Phi) is 3.00. The summed E-state index contributed by atoms with van der Waals surface area (Å²) in [4.78, 5) is 14.5. The summed E-state index contributed by atoms with van der Waals surface area (Å²) in [7, 11) is 1.47. The first kappa shape index (κ1) is 13.7. The number of aromatic nitrogens is 3. The zero-order chi connectivity index (χ0) is 15.2. The van der Waals surface area contributed by atoms with Crippen LogP contribution in [0.3, 0.4) is 0 Å². The molecule has 2 aromatic heterocycles. The van der Waals surface area contributed by atoms with Crippen molar-refractivity contribution in [1.29, 1.82) is 0 Å². The minimum atomic E-state index is -0.432. The molecule has 6 nitrogen and oxygen atoms in total. The van der Waals surface area contributed by atoms with Crippen molar-refractivity contribution in [3.05, 3.63) is 34.9 Å². The predicted molar refractivity (Wildman–Crippen MR) is 77.1 cm³/mol. The largest absolute Gasteiger partial charge is 0.268 e. The lowest BCUT2D eigenvalue weighted by molar-refractivity contribution is 0.347. The van der Waals surface area contributed by atoms with Crippen molar-refractivity contribution < 1.29 is 4.39 Å². The summed E-state index contributed by atoms with van der Waals surface area (Å²) in [6.07, 6.45) is 3.61. The fraction of sp³-hybridized carbons (Fsp3) is 0.429. The predicted octanol–water partition coefficient (Wildman–Crippen LogP) is 2.78. The van der Waals surface area contributed by atoms with Gasteiger partial charge in [-0.05, 0) is 17.9 Å². The average Bonchev–Trinajstić information content (AvgIpc) is 2.93. The fourth-order valence-electron chi connectivity index (χ4n) is 2.73. The third-order valence-electron chi connectivity index (χ3n) is 3.76. The Labute approximate surface area is 121 Å². The maximum absolute atomic E-state index is 14.1. The number of anilines is 1.